The van der Waals surface area contributed by atoms with Gasteiger partial charge in [-0.15, -0.1) is 0 Å². The number of rotatable bonds is 0. The van der Waals surface area contributed by atoms with E-state index in [4.69, 9.17) is 9.90 Å². The Labute approximate surface area is 71.7 Å². The van der Waals surface area contributed by atoms with Gasteiger partial charge in [-0.2, -0.15) is 0 Å². The molecule has 0 spiro atoms. The molecule has 12 heavy (non-hydrogen) atoms. The van der Waals surface area contributed by atoms with Gasteiger partial charge in [-0.1, -0.05) is 12.2 Å². The second kappa shape index (κ2) is 6.27. The Kier molecular flexibility index (Phi) is 5.51. The van der Waals surface area contributed by atoms with Gasteiger partial charge in [-0.05, 0) is 12.3 Å². The van der Waals surface area contributed by atoms with E-state index in [0.29, 0.717) is 0 Å². The van der Waals surface area contributed by atoms with Crippen molar-refractivity contribution < 1.29 is 14.6 Å². The molecule has 0 bridgehead atoms. The zero-order chi connectivity index (χ0) is 9.40. The number of allylic oxidation sites excluding steroid dienone is 2. The van der Waals surface area contributed by atoms with Gasteiger partial charge in [0.05, 0.1) is 7.11 Å². The van der Waals surface area contributed by atoms with Crippen LogP contribution in [0.15, 0.2) is 24.4 Å². The summed E-state index contributed by atoms with van der Waals surface area (Å²) in [5.41, 5.74) is 0. The Hall–Kier alpha value is -1.45. The highest BCUT2D eigenvalue weighted by molar-refractivity contribution is 5.56. The lowest BCUT2D eigenvalue weighted by Gasteiger charge is -2.11. The molecule has 0 aromatic carbocycles. The average molecular weight is 171 g/mol. The highest BCUT2D eigenvalue weighted by Gasteiger charge is 1.86. The van der Waals surface area contributed by atoms with Gasteiger partial charge >= 0.3 is 6.16 Å². The maximum atomic E-state index is 9.15. The van der Waals surface area contributed by atoms with E-state index in [-0.39, 0.29) is 0 Å². The van der Waals surface area contributed by atoms with Crippen LogP contribution in [0.4, 0.5) is 4.79 Å². The maximum absolute atomic E-state index is 9.15. The van der Waals surface area contributed by atoms with Crippen LogP contribution in [0.3, 0.4) is 0 Å². The predicted molar refractivity (Wildman–Crippen MR) is 45.9 cm³/mol. The molecule has 0 aromatic heterocycles. The van der Waals surface area contributed by atoms with Crippen LogP contribution in [0.25, 0.3) is 0 Å². The lowest BCUT2D eigenvalue weighted by molar-refractivity contribution is 0.114. The van der Waals surface area contributed by atoms with Crippen molar-refractivity contribution in [2.45, 2.75) is 0 Å². The third-order valence-corrected chi connectivity index (χ3v) is 1.16. The number of hydrogen-bond donors (Lipinski definition) is 1. The van der Waals surface area contributed by atoms with Crippen molar-refractivity contribution in [2.75, 3.05) is 20.7 Å². The molecule has 4 nitrogen and oxygen atoms in total. The standard InChI is InChI=1S/C6H9N.C2H4O3/c1-7-5-3-2-4-6-7;1-5-2(3)4/h2-5H,6H2,1H3;1H3,(H,3,4). The van der Waals surface area contributed by atoms with Crippen LogP contribution in [-0.2, 0) is 4.74 Å². The molecular formula is C8H13NO3. The first-order valence-corrected chi connectivity index (χ1v) is 3.47. The number of carboxylic acid groups (broad SMARTS) is 1. The second-order valence-electron chi connectivity index (χ2n) is 2.18. The minimum Gasteiger partial charge on any atom is -0.450 e. The van der Waals surface area contributed by atoms with E-state index in [1.54, 1.807) is 0 Å². The minimum absolute atomic E-state index is 1.05. The molecule has 0 aromatic rings. The van der Waals surface area contributed by atoms with Crippen LogP contribution in [0.5, 0.6) is 0 Å². The first-order valence-electron chi connectivity index (χ1n) is 3.47. The topological polar surface area (TPSA) is 49.8 Å². The fraction of sp³-hybridized carbons (Fsp3) is 0.375. The average Bonchev–Trinajstić information content (AvgIpc) is 2.07. The molecule has 0 saturated carbocycles. The van der Waals surface area contributed by atoms with Gasteiger partial charge in [-0.3, -0.25) is 0 Å². The lowest BCUT2D eigenvalue weighted by atomic mass is 10.4. The summed E-state index contributed by atoms with van der Waals surface area (Å²) in [6.45, 7) is 1.05. The van der Waals surface area contributed by atoms with Gasteiger partial charge in [0.25, 0.3) is 0 Å². The summed E-state index contributed by atoms with van der Waals surface area (Å²) in [7, 11) is 3.16. The summed E-state index contributed by atoms with van der Waals surface area (Å²) >= 11 is 0. The Morgan fingerprint density at radius 2 is 2.17 bits per heavy atom. The molecule has 0 saturated heterocycles. The number of methoxy groups -OCH3 is 1. The third-order valence-electron chi connectivity index (χ3n) is 1.16. The van der Waals surface area contributed by atoms with Crippen LogP contribution >= 0.6 is 0 Å². The van der Waals surface area contributed by atoms with Crippen LogP contribution in [0.2, 0.25) is 0 Å². The fourth-order valence-electron chi connectivity index (χ4n) is 0.563. The highest BCUT2D eigenvalue weighted by Crippen LogP contribution is 1.91. The Balaban J connectivity index is 0.000000217. The van der Waals surface area contributed by atoms with Crippen molar-refractivity contribution in [1.82, 2.24) is 4.90 Å². The summed E-state index contributed by atoms with van der Waals surface area (Å²) in [6.07, 6.45) is 7.02. The molecule has 1 rings (SSSR count). The lowest BCUT2D eigenvalue weighted by Crippen LogP contribution is -2.11. The van der Waals surface area contributed by atoms with E-state index in [0.717, 1.165) is 13.7 Å². The number of nitrogens with zero attached hydrogens (tertiary/aromatic N) is 1. The monoisotopic (exact) mass is 171 g/mol. The van der Waals surface area contributed by atoms with Gasteiger partial charge in [0.15, 0.2) is 0 Å². The molecule has 68 valence electrons. The van der Waals surface area contributed by atoms with Crippen molar-refractivity contribution in [3.05, 3.63) is 24.4 Å². The number of carbonyl (C=O) groups is 1. The fourth-order valence-corrected chi connectivity index (χ4v) is 0.563. The first kappa shape index (κ1) is 10.6. The quantitative estimate of drug-likeness (QED) is 0.558. The van der Waals surface area contributed by atoms with Crippen LogP contribution in [0, 0.1) is 0 Å². The SMILES string of the molecule is CN1C=CC=CC1.COC(=O)O. The molecule has 1 N–H and O–H groups in total. The molecule has 1 aliphatic rings. The largest absolute Gasteiger partial charge is 0.505 e. The minimum atomic E-state index is -1.25. The Morgan fingerprint density at radius 1 is 1.58 bits per heavy atom. The summed E-state index contributed by atoms with van der Waals surface area (Å²) in [5.74, 6) is 0. The normalized spacial score (nSPS) is 13.3. The molecular weight excluding hydrogens is 158 g/mol. The third kappa shape index (κ3) is 6.67. The van der Waals surface area contributed by atoms with Crippen LogP contribution < -0.4 is 0 Å². The molecule has 0 aliphatic carbocycles. The Bertz CT molecular complexity index is 187. The Morgan fingerprint density at radius 3 is 2.33 bits per heavy atom. The van der Waals surface area contributed by atoms with E-state index in [9.17, 15) is 0 Å². The van der Waals surface area contributed by atoms with Gasteiger partial charge in [0.1, 0.15) is 0 Å². The van der Waals surface area contributed by atoms with E-state index < -0.39 is 6.16 Å². The summed E-state index contributed by atoms with van der Waals surface area (Å²) in [5, 5.41) is 7.50. The second-order valence-corrected chi connectivity index (χ2v) is 2.18. The van der Waals surface area contributed by atoms with Crippen LogP contribution in [-0.4, -0.2) is 36.9 Å². The van der Waals surface area contributed by atoms with E-state index >= 15 is 0 Å². The molecule has 1 aliphatic heterocycles. The maximum Gasteiger partial charge on any atom is 0.505 e. The van der Waals surface area contributed by atoms with Gasteiger partial charge in [0.2, 0.25) is 0 Å². The molecule has 0 unspecified atom stereocenters. The van der Waals surface area contributed by atoms with Crippen molar-refractivity contribution >= 4 is 6.16 Å². The molecule has 1 heterocycles. The van der Waals surface area contributed by atoms with E-state index in [2.05, 4.69) is 35.0 Å². The molecule has 0 fully saturated rings. The number of hydrogen-bond acceptors (Lipinski definition) is 3. The molecule has 0 radical (unpaired) electrons. The van der Waals surface area contributed by atoms with Crippen LogP contribution in [0.1, 0.15) is 0 Å². The van der Waals surface area contributed by atoms with E-state index in [1.165, 1.54) is 0 Å². The number of likely N-dealkylation sites (N-methyl/N-ethyl adjacent to an activating group) is 1. The summed E-state index contributed by atoms with van der Waals surface area (Å²) in [6, 6.07) is 0. The van der Waals surface area contributed by atoms with Crippen molar-refractivity contribution in [3.63, 3.8) is 0 Å². The summed E-state index contributed by atoms with van der Waals surface area (Å²) in [4.78, 5) is 11.3. The van der Waals surface area contributed by atoms with E-state index in [1.807, 2.05) is 6.08 Å². The van der Waals surface area contributed by atoms with Gasteiger partial charge < -0.3 is 14.7 Å². The van der Waals surface area contributed by atoms with Gasteiger partial charge in [0, 0.05) is 13.6 Å². The van der Waals surface area contributed by atoms with Crippen molar-refractivity contribution in [2.24, 2.45) is 0 Å². The summed E-state index contributed by atoms with van der Waals surface area (Å²) < 4.78 is 3.67. The number of ether oxygens (including phenoxy) is 1. The van der Waals surface area contributed by atoms with Crippen molar-refractivity contribution in [3.8, 4) is 0 Å². The molecule has 0 amide bonds. The first-order chi connectivity index (χ1) is 5.66. The predicted octanol–water partition coefficient (Wildman–Crippen LogP) is 1.31. The smallest absolute Gasteiger partial charge is 0.450 e. The highest BCUT2D eigenvalue weighted by atomic mass is 16.6. The molecule has 0 atom stereocenters. The zero-order valence-electron chi connectivity index (χ0n) is 7.23. The zero-order valence-corrected chi connectivity index (χ0v) is 7.23. The molecule has 4 heteroatoms. The van der Waals surface area contributed by atoms with Gasteiger partial charge in [-0.25, -0.2) is 4.79 Å². The van der Waals surface area contributed by atoms with Crippen molar-refractivity contribution in [1.29, 1.82) is 0 Å².